The van der Waals surface area contributed by atoms with E-state index in [0.29, 0.717) is 30.3 Å². The lowest BCUT2D eigenvalue weighted by molar-refractivity contribution is 0.0949. The average Bonchev–Trinajstić information content (AvgIpc) is 3.37. The van der Waals surface area contributed by atoms with Crippen LogP contribution in [0.25, 0.3) is 5.65 Å². The van der Waals surface area contributed by atoms with Crippen molar-refractivity contribution < 1.29 is 9.53 Å². The van der Waals surface area contributed by atoms with E-state index in [4.69, 9.17) is 4.74 Å². The molecule has 0 saturated heterocycles. The van der Waals surface area contributed by atoms with Crippen LogP contribution >= 0.6 is 0 Å². The lowest BCUT2D eigenvalue weighted by Crippen LogP contribution is -2.27. The van der Waals surface area contributed by atoms with Gasteiger partial charge in [0.2, 0.25) is 0 Å². The summed E-state index contributed by atoms with van der Waals surface area (Å²) in [5.41, 5.74) is 3.34. The zero-order chi connectivity index (χ0) is 21.2. The number of rotatable bonds is 8. The zero-order valence-corrected chi connectivity index (χ0v) is 17.4. The molecule has 1 aliphatic rings. The first-order valence-corrected chi connectivity index (χ1v) is 10.5. The van der Waals surface area contributed by atoms with Gasteiger partial charge in [-0.05, 0) is 43.5 Å². The van der Waals surface area contributed by atoms with Crippen LogP contribution in [-0.2, 0) is 13.0 Å². The molecular formula is C23H24N6O2. The highest BCUT2D eigenvalue weighted by molar-refractivity contribution is 5.96. The van der Waals surface area contributed by atoms with E-state index >= 15 is 0 Å². The first kappa shape index (κ1) is 19.3. The quantitative estimate of drug-likeness (QED) is 0.477. The van der Waals surface area contributed by atoms with Gasteiger partial charge in [0.05, 0.1) is 11.3 Å². The van der Waals surface area contributed by atoms with Crippen LogP contribution in [0, 0.1) is 6.92 Å². The Morgan fingerprint density at radius 2 is 2.06 bits per heavy atom. The molecule has 0 spiro atoms. The Bertz CT molecular complexity index is 1220. The molecule has 158 valence electrons. The molecule has 8 heteroatoms. The topological polar surface area (TPSA) is 86.3 Å². The number of carbonyl (C=O) groups excluding carboxylic acids is 1. The summed E-state index contributed by atoms with van der Waals surface area (Å²) in [6.07, 6.45) is 8.74. The third-order valence-corrected chi connectivity index (χ3v) is 5.38. The second-order valence-corrected chi connectivity index (χ2v) is 7.88. The highest BCUT2D eigenvalue weighted by atomic mass is 16.5. The average molecular weight is 416 g/mol. The van der Waals surface area contributed by atoms with Crippen molar-refractivity contribution in [2.75, 3.05) is 6.54 Å². The molecule has 4 aromatic rings. The number of para-hydroxylation sites is 1. The molecule has 1 N–H and O–H groups in total. The van der Waals surface area contributed by atoms with Gasteiger partial charge in [-0.15, -0.1) is 10.2 Å². The minimum atomic E-state index is -0.168. The molecular weight excluding hydrogens is 392 g/mol. The number of fused-ring (bicyclic) bond motifs is 1. The fourth-order valence-electron chi connectivity index (χ4n) is 3.64. The molecule has 31 heavy (non-hydrogen) atoms. The molecule has 1 aromatic carbocycles. The molecule has 1 amide bonds. The summed E-state index contributed by atoms with van der Waals surface area (Å²) in [6, 6.07) is 11.8. The number of nitrogens with zero attached hydrogens (tertiary/aromatic N) is 5. The predicted octanol–water partition coefficient (Wildman–Crippen LogP) is 3.12. The van der Waals surface area contributed by atoms with Crippen molar-refractivity contribution in [3.63, 3.8) is 0 Å². The van der Waals surface area contributed by atoms with E-state index in [2.05, 4.69) is 25.1 Å². The van der Waals surface area contributed by atoms with Gasteiger partial charge in [-0.1, -0.05) is 18.2 Å². The fourth-order valence-corrected chi connectivity index (χ4v) is 3.64. The predicted molar refractivity (Wildman–Crippen MR) is 115 cm³/mol. The molecule has 8 nitrogen and oxygen atoms in total. The van der Waals surface area contributed by atoms with E-state index in [9.17, 15) is 4.79 Å². The normalized spacial score (nSPS) is 13.5. The van der Waals surface area contributed by atoms with Gasteiger partial charge < -0.3 is 19.0 Å². The molecule has 1 fully saturated rings. The molecule has 0 radical (unpaired) electrons. The van der Waals surface area contributed by atoms with E-state index < -0.39 is 0 Å². The second kappa shape index (κ2) is 8.22. The number of ether oxygens (including phenoxy) is 1. The summed E-state index contributed by atoms with van der Waals surface area (Å²) in [5, 5.41) is 11.1. The molecule has 0 unspecified atom stereocenters. The number of pyridine rings is 1. The van der Waals surface area contributed by atoms with Crippen LogP contribution in [0.3, 0.4) is 0 Å². The smallest absolute Gasteiger partial charge is 0.255 e. The lowest BCUT2D eigenvalue weighted by atomic mass is 10.2. The Morgan fingerprint density at radius 3 is 2.94 bits per heavy atom. The van der Waals surface area contributed by atoms with Crippen LogP contribution in [0.15, 0.2) is 55.1 Å². The highest BCUT2D eigenvalue weighted by Gasteiger charge is 2.25. The Kier molecular flexibility index (Phi) is 5.11. The van der Waals surface area contributed by atoms with Gasteiger partial charge in [0.1, 0.15) is 30.2 Å². The summed E-state index contributed by atoms with van der Waals surface area (Å²) in [6.45, 7) is 2.82. The monoisotopic (exact) mass is 416 g/mol. The van der Waals surface area contributed by atoms with Gasteiger partial charge in [0, 0.05) is 31.4 Å². The van der Waals surface area contributed by atoms with Crippen LogP contribution < -0.4 is 10.1 Å². The van der Waals surface area contributed by atoms with Crippen molar-refractivity contribution in [3.8, 4) is 5.75 Å². The number of nitrogens with one attached hydrogen (secondary N) is 1. The third kappa shape index (κ3) is 4.28. The number of imidazole rings is 1. The molecule has 3 aromatic heterocycles. The van der Waals surface area contributed by atoms with Crippen molar-refractivity contribution in [3.05, 3.63) is 77.8 Å². The van der Waals surface area contributed by atoms with Crippen molar-refractivity contribution in [1.29, 1.82) is 0 Å². The van der Waals surface area contributed by atoms with Gasteiger partial charge in [0.15, 0.2) is 0 Å². The number of aromatic nitrogens is 5. The maximum Gasteiger partial charge on any atom is 0.255 e. The summed E-state index contributed by atoms with van der Waals surface area (Å²) in [5.74, 6) is 1.28. The maximum atomic E-state index is 12.8. The van der Waals surface area contributed by atoms with Crippen molar-refractivity contribution in [2.24, 2.45) is 0 Å². The van der Waals surface area contributed by atoms with E-state index in [1.54, 1.807) is 18.5 Å². The van der Waals surface area contributed by atoms with E-state index in [-0.39, 0.29) is 12.5 Å². The first-order valence-electron chi connectivity index (χ1n) is 10.5. The largest absolute Gasteiger partial charge is 0.486 e. The van der Waals surface area contributed by atoms with Gasteiger partial charge in [-0.2, -0.15) is 0 Å². The third-order valence-electron chi connectivity index (χ3n) is 5.38. The van der Waals surface area contributed by atoms with Crippen LogP contribution in [0.4, 0.5) is 0 Å². The van der Waals surface area contributed by atoms with E-state index in [0.717, 1.165) is 22.7 Å². The van der Waals surface area contributed by atoms with Gasteiger partial charge in [-0.3, -0.25) is 4.79 Å². The maximum absolute atomic E-state index is 12.8. The SMILES string of the molecule is Cc1ccc2nc(COc3ccccc3C(=O)NCCc3nncn3C3CC3)cn2c1. The summed E-state index contributed by atoms with van der Waals surface area (Å²) in [4.78, 5) is 17.3. The minimum absolute atomic E-state index is 0.168. The number of hydrogen-bond acceptors (Lipinski definition) is 5. The van der Waals surface area contributed by atoms with Crippen LogP contribution in [0.1, 0.15) is 46.3 Å². The lowest BCUT2D eigenvalue weighted by Gasteiger charge is -2.11. The molecule has 0 bridgehead atoms. The summed E-state index contributed by atoms with van der Waals surface area (Å²) < 4.78 is 10.0. The summed E-state index contributed by atoms with van der Waals surface area (Å²) in [7, 11) is 0. The fraction of sp³-hybridized carbons (Fsp3) is 0.304. The minimum Gasteiger partial charge on any atom is -0.486 e. The number of amides is 1. The van der Waals surface area contributed by atoms with Gasteiger partial charge in [0.25, 0.3) is 5.91 Å². The molecule has 0 atom stereocenters. The Labute approximate surface area is 179 Å². The van der Waals surface area contributed by atoms with Crippen molar-refractivity contribution in [2.45, 2.75) is 38.8 Å². The number of aryl methyl sites for hydroxylation is 1. The van der Waals surface area contributed by atoms with E-state index in [1.807, 2.05) is 48.0 Å². The number of hydrogen-bond donors (Lipinski definition) is 1. The Morgan fingerprint density at radius 1 is 1.19 bits per heavy atom. The molecule has 3 heterocycles. The van der Waals surface area contributed by atoms with Gasteiger partial charge in [-0.25, -0.2) is 4.98 Å². The standard InChI is InChI=1S/C23H24N6O2/c1-16-6-9-21-26-17(13-28(21)12-16)14-31-20-5-3-2-4-19(20)23(30)24-11-10-22-27-25-15-29(22)18-7-8-18/h2-6,9,12-13,15,18H,7-8,10-11,14H2,1H3,(H,24,30). The molecule has 1 saturated carbocycles. The molecule has 5 rings (SSSR count). The van der Waals surface area contributed by atoms with Gasteiger partial charge >= 0.3 is 0 Å². The number of carbonyl (C=O) groups is 1. The van der Waals surface area contributed by atoms with Crippen LogP contribution in [0.2, 0.25) is 0 Å². The summed E-state index contributed by atoms with van der Waals surface area (Å²) >= 11 is 0. The number of benzene rings is 1. The second-order valence-electron chi connectivity index (χ2n) is 7.88. The molecule has 1 aliphatic carbocycles. The van der Waals surface area contributed by atoms with Crippen LogP contribution in [0.5, 0.6) is 5.75 Å². The Balaban J connectivity index is 1.21. The molecule has 0 aliphatic heterocycles. The van der Waals surface area contributed by atoms with Crippen molar-refractivity contribution >= 4 is 11.6 Å². The highest BCUT2D eigenvalue weighted by Crippen LogP contribution is 2.35. The first-order chi connectivity index (χ1) is 15.2. The van der Waals surface area contributed by atoms with Crippen molar-refractivity contribution in [1.82, 2.24) is 29.5 Å². The van der Waals surface area contributed by atoms with E-state index in [1.165, 1.54) is 12.8 Å². The Hall–Kier alpha value is -3.68. The zero-order valence-electron chi connectivity index (χ0n) is 17.4. The van der Waals surface area contributed by atoms with Crippen LogP contribution in [-0.4, -0.2) is 36.6 Å².